The number of aromatic nitrogens is 1. The number of amides is 1. The van der Waals surface area contributed by atoms with Crippen molar-refractivity contribution in [3.05, 3.63) is 41.1 Å². The quantitative estimate of drug-likeness (QED) is 0.844. The number of hydrogen-bond acceptors (Lipinski definition) is 3. The molecule has 2 aromatic rings. The summed E-state index contributed by atoms with van der Waals surface area (Å²) in [4.78, 5) is 18.3. The largest absolute Gasteiger partial charge is 0.389 e. The van der Waals surface area contributed by atoms with Gasteiger partial charge in [-0.15, -0.1) is 0 Å². The number of pyridine rings is 1. The van der Waals surface area contributed by atoms with Gasteiger partial charge in [0.1, 0.15) is 0 Å². The van der Waals surface area contributed by atoms with Gasteiger partial charge < -0.3 is 10.0 Å². The molecule has 2 heterocycles. The molecule has 4 nitrogen and oxygen atoms in total. The highest BCUT2D eigenvalue weighted by Crippen LogP contribution is 2.21. The Bertz CT molecular complexity index is 660. The summed E-state index contributed by atoms with van der Waals surface area (Å²) in [5.41, 5.74) is 3.61. The van der Waals surface area contributed by atoms with E-state index in [-0.39, 0.29) is 12.0 Å². The Morgan fingerprint density at radius 1 is 1.32 bits per heavy atom. The van der Waals surface area contributed by atoms with Crippen LogP contribution in [0.3, 0.4) is 0 Å². The number of fused-ring (bicyclic) bond motifs is 1. The molecule has 98 valence electrons. The predicted octanol–water partition coefficient (Wildman–Crippen LogP) is 1.67. The van der Waals surface area contributed by atoms with Crippen molar-refractivity contribution >= 4 is 16.8 Å². The molecule has 1 aliphatic rings. The van der Waals surface area contributed by atoms with Gasteiger partial charge in [-0.1, -0.05) is 6.07 Å². The number of carbonyl (C=O) groups excluding carboxylic acids is 1. The topological polar surface area (TPSA) is 53.4 Å². The van der Waals surface area contributed by atoms with Gasteiger partial charge in [-0.05, 0) is 37.6 Å². The summed E-state index contributed by atoms with van der Waals surface area (Å²) in [6.45, 7) is 4.85. The zero-order chi connectivity index (χ0) is 13.6. The Morgan fingerprint density at radius 3 is 2.74 bits per heavy atom. The van der Waals surface area contributed by atoms with Crippen molar-refractivity contribution in [2.24, 2.45) is 0 Å². The van der Waals surface area contributed by atoms with E-state index in [4.69, 9.17) is 0 Å². The first kappa shape index (κ1) is 12.1. The van der Waals surface area contributed by atoms with Crippen LogP contribution in [0, 0.1) is 13.8 Å². The smallest absolute Gasteiger partial charge is 0.254 e. The van der Waals surface area contributed by atoms with Crippen LogP contribution in [0.2, 0.25) is 0 Å². The van der Waals surface area contributed by atoms with Gasteiger partial charge in [0.15, 0.2) is 0 Å². The molecule has 0 aliphatic carbocycles. The van der Waals surface area contributed by atoms with Crippen LogP contribution in [0.5, 0.6) is 0 Å². The van der Waals surface area contributed by atoms with Crippen LogP contribution in [0.1, 0.15) is 21.6 Å². The highest BCUT2D eigenvalue weighted by Gasteiger charge is 2.29. The maximum Gasteiger partial charge on any atom is 0.254 e. The lowest BCUT2D eigenvalue weighted by Crippen LogP contribution is -2.53. The minimum atomic E-state index is -0.368. The van der Waals surface area contributed by atoms with Gasteiger partial charge in [0, 0.05) is 29.7 Å². The number of aryl methyl sites for hydroxylation is 2. The third kappa shape index (κ3) is 2.08. The number of hydrogen-bond donors (Lipinski definition) is 1. The Balaban J connectivity index is 1.99. The zero-order valence-electron chi connectivity index (χ0n) is 11.1. The lowest BCUT2D eigenvalue weighted by atomic mass is 10.0. The molecule has 0 saturated carbocycles. The Morgan fingerprint density at radius 2 is 2.05 bits per heavy atom. The van der Waals surface area contributed by atoms with E-state index in [2.05, 4.69) is 4.98 Å². The molecule has 0 bridgehead atoms. The van der Waals surface area contributed by atoms with Gasteiger partial charge in [0.25, 0.3) is 5.91 Å². The molecule has 1 aromatic heterocycles. The number of aliphatic hydroxyl groups excluding tert-OH is 1. The van der Waals surface area contributed by atoms with Crippen LogP contribution >= 0.6 is 0 Å². The van der Waals surface area contributed by atoms with Crippen molar-refractivity contribution in [3.63, 3.8) is 0 Å². The van der Waals surface area contributed by atoms with Crippen LogP contribution in [-0.4, -0.2) is 40.1 Å². The molecule has 0 radical (unpaired) electrons. The molecule has 19 heavy (non-hydrogen) atoms. The van der Waals surface area contributed by atoms with Gasteiger partial charge in [0.2, 0.25) is 0 Å². The van der Waals surface area contributed by atoms with E-state index < -0.39 is 0 Å². The second kappa shape index (κ2) is 4.31. The van der Waals surface area contributed by atoms with Crippen LogP contribution in [-0.2, 0) is 0 Å². The van der Waals surface area contributed by atoms with Gasteiger partial charge >= 0.3 is 0 Å². The van der Waals surface area contributed by atoms with E-state index >= 15 is 0 Å². The Hall–Kier alpha value is -1.94. The zero-order valence-corrected chi connectivity index (χ0v) is 11.1. The lowest BCUT2D eigenvalue weighted by molar-refractivity contribution is 0.00590. The molecule has 0 spiro atoms. The molecule has 1 aromatic carbocycles. The summed E-state index contributed by atoms with van der Waals surface area (Å²) in [7, 11) is 0. The second-order valence-electron chi connectivity index (χ2n) is 5.18. The third-order valence-electron chi connectivity index (χ3n) is 3.54. The van der Waals surface area contributed by atoms with Crippen molar-refractivity contribution in [2.45, 2.75) is 20.0 Å². The number of carbonyl (C=O) groups is 1. The fourth-order valence-electron chi connectivity index (χ4n) is 2.51. The molecular weight excluding hydrogens is 240 g/mol. The van der Waals surface area contributed by atoms with E-state index in [1.807, 2.05) is 38.1 Å². The minimum absolute atomic E-state index is 0.0341. The van der Waals surface area contributed by atoms with E-state index in [9.17, 15) is 9.90 Å². The summed E-state index contributed by atoms with van der Waals surface area (Å²) in [6.07, 6.45) is -0.368. The number of rotatable bonds is 1. The number of benzene rings is 1. The van der Waals surface area contributed by atoms with Crippen LogP contribution < -0.4 is 0 Å². The average Bonchev–Trinajstić information content (AvgIpc) is 2.33. The maximum absolute atomic E-state index is 12.2. The van der Waals surface area contributed by atoms with Gasteiger partial charge in [-0.2, -0.15) is 0 Å². The Kier molecular flexibility index (Phi) is 2.75. The molecule has 1 aliphatic heterocycles. The van der Waals surface area contributed by atoms with Crippen molar-refractivity contribution in [3.8, 4) is 0 Å². The SMILES string of the molecule is Cc1cc(C)c2ccc(C(=O)N3CC(O)C3)cc2n1. The van der Waals surface area contributed by atoms with Crippen LogP contribution in [0.25, 0.3) is 10.9 Å². The normalized spacial score (nSPS) is 15.6. The summed E-state index contributed by atoms with van der Waals surface area (Å²) in [6, 6.07) is 7.65. The van der Waals surface area contributed by atoms with E-state index in [0.717, 1.165) is 16.6 Å². The number of likely N-dealkylation sites (tertiary alicyclic amines) is 1. The first-order chi connectivity index (χ1) is 9.04. The standard InChI is InChI=1S/C15H16N2O2/c1-9-5-10(2)16-14-6-11(3-4-13(9)14)15(19)17-7-12(18)8-17/h3-6,12,18H,7-8H2,1-2H3. The highest BCUT2D eigenvalue weighted by molar-refractivity contribution is 5.98. The number of nitrogens with zero attached hydrogens (tertiary/aromatic N) is 2. The van der Waals surface area contributed by atoms with Crippen LogP contribution in [0.4, 0.5) is 0 Å². The number of aliphatic hydroxyl groups is 1. The first-order valence-corrected chi connectivity index (χ1v) is 6.40. The number of β-amino-alcohol motifs (C(OH)–C–C–N with tert-alkyl or cyclic N) is 1. The highest BCUT2D eigenvalue weighted by atomic mass is 16.3. The van der Waals surface area contributed by atoms with Gasteiger partial charge in [-0.25, -0.2) is 0 Å². The van der Waals surface area contributed by atoms with Crippen LogP contribution in [0.15, 0.2) is 24.3 Å². The monoisotopic (exact) mass is 256 g/mol. The van der Waals surface area contributed by atoms with E-state index in [1.165, 1.54) is 5.56 Å². The molecule has 1 saturated heterocycles. The van der Waals surface area contributed by atoms with Gasteiger partial charge in [0.05, 0.1) is 11.6 Å². The van der Waals surface area contributed by atoms with E-state index in [0.29, 0.717) is 18.7 Å². The summed E-state index contributed by atoms with van der Waals surface area (Å²) >= 11 is 0. The summed E-state index contributed by atoms with van der Waals surface area (Å²) < 4.78 is 0. The fraction of sp³-hybridized carbons (Fsp3) is 0.333. The Labute approximate surface area is 111 Å². The molecule has 0 atom stereocenters. The first-order valence-electron chi connectivity index (χ1n) is 6.40. The third-order valence-corrected chi connectivity index (χ3v) is 3.54. The molecule has 1 amide bonds. The summed E-state index contributed by atoms with van der Waals surface area (Å²) in [5.74, 6) is -0.0341. The fourth-order valence-corrected chi connectivity index (χ4v) is 2.51. The van der Waals surface area contributed by atoms with Crippen molar-refractivity contribution in [1.82, 2.24) is 9.88 Å². The lowest BCUT2D eigenvalue weighted by Gasteiger charge is -2.35. The maximum atomic E-state index is 12.2. The summed E-state index contributed by atoms with van der Waals surface area (Å²) in [5, 5.41) is 10.3. The van der Waals surface area contributed by atoms with Gasteiger partial charge in [-0.3, -0.25) is 9.78 Å². The molecule has 0 unspecified atom stereocenters. The molecular formula is C15H16N2O2. The predicted molar refractivity (Wildman–Crippen MR) is 73.1 cm³/mol. The van der Waals surface area contributed by atoms with Crippen molar-refractivity contribution in [1.29, 1.82) is 0 Å². The van der Waals surface area contributed by atoms with Crippen molar-refractivity contribution in [2.75, 3.05) is 13.1 Å². The second-order valence-corrected chi connectivity index (χ2v) is 5.18. The minimum Gasteiger partial charge on any atom is -0.389 e. The molecule has 1 fully saturated rings. The molecule has 4 heteroatoms. The molecule has 3 rings (SSSR count). The van der Waals surface area contributed by atoms with E-state index in [1.54, 1.807) is 4.90 Å². The van der Waals surface area contributed by atoms with Crippen molar-refractivity contribution < 1.29 is 9.90 Å². The average molecular weight is 256 g/mol. The molecule has 1 N–H and O–H groups in total.